The summed E-state index contributed by atoms with van der Waals surface area (Å²) >= 11 is 0. The maximum atomic E-state index is 5.90. The predicted molar refractivity (Wildman–Crippen MR) is 125 cm³/mol. The summed E-state index contributed by atoms with van der Waals surface area (Å²) in [5.41, 5.74) is 12.2. The zero-order valence-corrected chi connectivity index (χ0v) is 17.8. The quantitative estimate of drug-likeness (QED) is 0.686. The Labute approximate surface area is 182 Å². The highest BCUT2D eigenvalue weighted by atomic mass is 15.4. The smallest absolute Gasteiger partial charge is 0.147 e. The third-order valence-electron chi connectivity index (χ3n) is 6.69. The number of rotatable bonds is 3. The van der Waals surface area contributed by atoms with Gasteiger partial charge < -0.3 is 16.0 Å². The standard InChI is InChI=1S/C24H27N7/c1-15-12-30(7-6-26-15)19-13-31(14-19)24-11-27-20-5-4-17(9-22(20)29-24)16-2-3-18-10-23(25)28-21(18)8-16/h2-5,8-9,11,15,19,26H,6-7,10,12-14H2,1H3,(H2,25,28). The first-order valence-electron chi connectivity index (χ1n) is 11.1. The van der Waals surface area contributed by atoms with Crippen molar-refractivity contribution in [3.05, 3.63) is 48.2 Å². The van der Waals surface area contributed by atoms with E-state index in [1.54, 1.807) is 0 Å². The molecule has 3 aliphatic heterocycles. The summed E-state index contributed by atoms with van der Waals surface area (Å²) in [7, 11) is 0. The molecule has 1 atom stereocenters. The molecular formula is C24H27N7. The fourth-order valence-electron chi connectivity index (χ4n) is 4.89. The molecule has 3 aromatic rings. The number of hydrogen-bond donors (Lipinski definition) is 2. The van der Waals surface area contributed by atoms with Crippen LogP contribution in [0.2, 0.25) is 0 Å². The third kappa shape index (κ3) is 3.43. The Kier molecular flexibility index (Phi) is 4.40. The molecule has 1 unspecified atom stereocenters. The van der Waals surface area contributed by atoms with Crippen LogP contribution in [0.15, 0.2) is 47.6 Å². The maximum Gasteiger partial charge on any atom is 0.147 e. The van der Waals surface area contributed by atoms with Gasteiger partial charge in [-0.05, 0) is 41.8 Å². The number of aromatic nitrogens is 2. The van der Waals surface area contributed by atoms with E-state index < -0.39 is 0 Å². The summed E-state index contributed by atoms with van der Waals surface area (Å²) < 4.78 is 0. The minimum Gasteiger partial charge on any atom is -0.387 e. The van der Waals surface area contributed by atoms with Gasteiger partial charge in [0.15, 0.2) is 0 Å². The van der Waals surface area contributed by atoms with Crippen molar-refractivity contribution in [3.8, 4) is 11.1 Å². The number of nitrogens with two attached hydrogens (primary N) is 1. The molecule has 158 valence electrons. The number of anilines is 1. The lowest BCUT2D eigenvalue weighted by Crippen LogP contribution is -2.64. The van der Waals surface area contributed by atoms with Gasteiger partial charge in [0.05, 0.1) is 22.9 Å². The van der Waals surface area contributed by atoms with E-state index in [9.17, 15) is 0 Å². The van der Waals surface area contributed by atoms with E-state index in [-0.39, 0.29) is 0 Å². The lowest BCUT2D eigenvalue weighted by atomic mass is 10.0. The topological polar surface area (TPSA) is 82.7 Å². The third-order valence-corrected chi connectivity index (χ3v) is 6.69. The summed E-state index contributed by atoms with van der Waals surface area (Å²) in [6, 6.07) is 13.8. The Morgan fingerprint density at radius 1 is 1.03 bits per heavy atom. The van der Waals surface area contributed by atoms with Crippen molar-refractivity contribution >= 4 is 28.4 Å². The van der Waals surface area contributed by atoms with Crippen molar-refractivity contribution in [1.29, 1.82) is 0 Å². The Bertz CT molecular complexity index is 1180. The van der Waals surface area contributed by atoms with Gasteiger partial charge in [0.2, 0.25) is 0 Å². The largest absolute Gasteiger partial charge is 0.387 e. The number of nitrogens with one attached hydrogen (secondary N) is 1. The Morgan fingerprint density at radius 2 is 1.87 bits per heavy atom. The number of piperazine rings is 1. The highest BCUT2D eigenvalue weighted by Gasteiger charge is 2.34. The summed E-state index contributed by atoms with van der Waals surface area (Å²) in [5.74, 6) is 1.65. The molecular weight excluding hydrogens is 386 g/mol. The minimum absolute atomic E-state index is 0.572. The second kappa shape index (κ2) is 7.28. The lowest BCUT2D eigenvalue weighted by Gasteiger charge is -2.48. The van der Waals surface area contributed by atoms with E-state index in [0.29, 0.717) is 17.9 Å². The van der Waals surface area contributed by atoms with Crippen LogP contribution >= 0.6 is 0 Å². The Hall–Kier alpha value is -3.03. The molecule has 1 aromatic heterocycles. The second-order valence-electron chi connectivity index (χ2n) is 8.96. The summed E-state index contributed by atoms with van der Waals surface area (Å²) in [6.45, 7) is 7.65. The van der Waals surface area contributed by atoms with Crippen LogP contribution in [0.5, 0.6) is 0 Å². The van der Waals surface area contributed by atoms with Crippen LogP contribution in [-0.4, -0.2) is 65.5 Å². The molecule has 3 N–H and O–H groups in total. The van der Waals surface area contributed by atoms with Crippen LogP contribution in [0.1, 0.15) is 12.5 Å². The van der Waals surface area contributed by atoms with Gasteiger partial charge in [-0.1, -0.05) is 18.2 Å². The number of amidine groups is 1. The van der Waals surface area contributed by atoms with Crippen molar-refractivity contribution in [1.82, 2.24) is 20.2 Å². The van der Waals surface area contributed by atoms with Crippen LogP contribution in [0.3, 0.4) is 0 Å². The van der Waals surface area contributed by atoms with Gasteiger partial charge in [-0.15, -0.1) is 0 Å². The van der Waals surface area contributed by atoms with Gasteiger partial charge in [0.1, 0.15) is 11.7 Å². The Balaban J connectivity index is 1.23. The molecule has 0 amide bonds. The monoisotopic (exact) mass is 413 g/mol. The summed E-state index contributed by atoms with van der Waals surface area (Å²) in [5, 5.41) is 3.52. The molecule has 2 aromatic carbocycles. The van der Waals surface area contributed by atoms with Crippen LogP contribution in [0, 0.1) is 0 Å². The first kappa shape index (κ1) is 18.7. The number of benzene rings is 2. The number of nitrogens with zero attached hydrogens (tertiary/aromatic N) is 5. The van der Waals surface area contributed by atoms with Crippen LogP contribution < -0.4 is 16.0 Å². The lowest BCUT2D eigenvalue weighted by molar-refractivity contribution is 0.126. The van der Waals surface area contributed by atoms with E-state index >= 15 is 0 Å². The molecule has 0 radical (unpaired) electrons. The predicted octanol–water partition coefficient (Wildman–Crippen LogP) is 2.32. The zero-order valence-electron chi connectivity index (χ0n) is 17.8. The van der Waals surface area contributed by atoms with E-state index in [1.807, 2.05) is 12.3 Å². The van der Waals surface area contributed by atoms with E-state index in [4.69, 9.17) is 10.7 Å². The molecule has 31 heavy (non-hydrogen) atoms. The van der Waals surface area contributed by atoms with Crippen molar-refractivity contribution < 1.29 is 0 Å². The molecule has 4 heterocycles. The molecule has 2 fully saturated rings. The van der Waals surface area contributed by atoms with Crippen molar-refractivity contribution in [3.63, 3.8) is 0 Å². The van der Waals surface area contributed by atoms with Crippen molar-refractivity contribution in [2.24, 2.45) is 10.7 Å². The number of fused-ring (bicyclic) bond motifs is 2. The number of hydrogen-bond acceptors (Lipinski definition) is 7. The van der Waals surface area contributed by atoms with Gasteiger partial charge in [-0.25, -0.2) is 9.98 Å². The van der Waals surface area contributed by atoms with E-state index in [2.05, 4.69) is 62.3 Å². The molecule has 0 aliphatic carbocycles. The highest BCUT2D eigenvalue weighted by Crippen LogP contribution is 2.32. The van der Waals surface area contributed by atoms with Gasteiger partial charge in [-0.3, -0.25) is 9.88 Å². The molecule has 6 rings (SSSR count). The normalized spacial score (nSPS) is 21.8. The maximum absolute atomic E-state index is 5.90. The van der Waals surface area contributed by atoms with E-state index in [1.165, 1.54) is 5.56 Å². The van der Waals surface area contributed by atoms with Crippen LogP contribution in [0.25, 0.3) is 22.2 Å². The molecule has 7 nitrogen and oxygen atoms in total. The zero-order chi connectivity index (χ0) is 20.9. The fraction of sp³-hybridized carbons (Fsp3) is 0.375. The van der Waals surface area contributed by atoms with Crippen molar-refractivity contribution in [2.75, 3.05) is 37.6 Å². The van der Waals surface area contributed by atoms with Gasteiger partial charge in [-0.2, -0.15) is 0 Å². The van der Waals surface area contributed by atoms with Crippen LogP contribution in [-0.2, 0) is 6.42 Å². The number of aliphatic imine (C=N–C) groups is 1. The molecule has 3 aliphatic rings. The highest BCUT2D eigenvalue weighted by molar-refractivity contribution is 5.92. The van der Waals surface area contributed by atoms with Gasteiger partial charge in [0, 0.05) is 51.2 Å². The first-order valence-corrected chi connectivity index (χ1v) is 11.1. The minimum atomic E-state index is 0.572. The summed E-state index contributed by atoms with van der Waals surface area (Å²) in [4.78, 5) is 19.0. The van der Waals surface area contributed by atoms with Crippen molar-refractivity contribution in [2.45, 2.75) is 25.4 Å². The van der Waals surface area contributed by atoms with E-state index in [0.717, 1.165) is 72.8 Å². The molecule has 0 spiro atoms. The molecule has 2 saturated heterocycles. The molecule has 0 bridgehead atoms. The van der Waals surface area contributed by atoms with Gasteiger partial charge in [0.25, 0.3) is 0 Å². The Morgan fingerprint density at radius 3 is 2.74 bits per heavy atom. The second-order valence-corrected chi connectivity index (χ2v) is 8.96. The summed E-state index contributed by atoms with van der Waals surface area (Å²) in [6.07, 6.45) is 2.65. The van der Waals surface area contributed by atoms with Crippen LogP contribution in [0.4, 0.5) is 11.5 Å². The molecule has 0 saturated carbocycles. The van der Waals surface area contributed by atoms with Gasteiger partial charge >= 0.3 is 0 Å². The SMILES string of the molecule is CC1CN(C2CN(c3cnc4ccc(-c5ccc6c(c5)N=C(N)C6)cc4n3)C2)CCN1. The average molecular weight is 414 g/mol. The fourth-order valence-corrected chi connectivity index (χ4v) is 4.89. The average Bonchev–Trinajstić information content (AvgIpc) is 3.11. The first-order chi connectivity index (χ1) is 15.1. The molecule has 7 heteroatoms.